The molecule has 1 aliphatic heterocycles. The number of nitrogens with one attached hydrogen (secondary N) is 6. The highest BCUT2D eigenvalue weighted by molar-refractivity contribution is 5.97. The zero-order valence-electron chi connectivity index (χ0n) is 34.4. The van der Waals surface area contributed by atoms with Crippen LogP contribution in [0.15, 0.2) is 65.8 Å². The van der Waals surface area contributed by atoms with Gasteiger partial charge < -0.3 is 64.5 Å². The lowest BCUT2D eigenvalue weighted by Crippen LogP contribution is -2.60. The van der Waals surface area contributed by atoms with Crippen LogP contribution in [0.2, 0.25) is 0 Å². The quantitative estimate of drug-likeness (QED) is 0.0286. The number of primary amides is 1. The fraction of sp³-hybridized carbons (Fsp3) is 0.463. The summed E-state index contributed by atoms with van der Waals surface area (Å²) in [6.45, 7) is 2.47. The van der Waals surface area contributed by atoms with Gasteiger partial charge in [0.2, 0.25) is 41.4 Å². The van der Waals surface area contributed by atoms with Gasteiger partial charge in [0, 0.05) is 43.0 Å². The van der Waals surface area contributed by atoms with Crippen molar-refractivity contribution in [3.8, 4) is 0 Å². The molecule has 1 saturated heterocycles. The molecule has 15 N–H and O–H groups in total. The van der Waals surface area contributed by atoms with E-state index < -0.39 is 90.8 Å². The minimum Gasteiger partial charge on any atom is -0.394 e. The Morgan fingerprint density at radius 3 is 2.13 bits per heavy atom. The Labute approximate surface area is 353 Å². The molecule has 7 amide bonds. The van der Waals surface area contributed by atoms with E-state index in [2.05, 4.69) is 36.6 Å². The molecule has 0 aliphatic carbocycles. The molecule has 0 saturated carbocycles. The molecule has 0 spiro atoms. The molecule has 3 aromatic rings. The number of aliphatic imine (C=N–C) groups is 1. The van der Waals surface area contributed by atoms with Gasteiger partial charge >= 0.3 is 0 Å². The number of fused-ring (bicyclic) bond motifs is 1. The summed E-state index contributed by atoms with van der Waals surface area (Å²) >= 11 is 0. The van der Waals surface area contributed by atoms with Crippen molar-refractivity contribution in [2.24, 2.45) is 33.8 Å². The lowest BCUT2D eigenvalue weighted by atomic mass is 10.0. The topological polar surface area (TPSA) is 335 Å². The molecule has 20 heteroatoms. The van der Waals surface area contributed by atoms with Gasteiger partial charge in [0.05, 0.1) is 19.2 Å². The third kappa shape index (κ3) is 13.8. The molecule has 6 atom stereocenters. The number of carbonyl (C=O) groups is 7. The van der Waals surface area contributed by atoms with Gasteiger partial charge in [0.1, 0.15) is 30.2 Å². The van der Waals surface area contributed by atoms with Gasteiger partial charge in [-0.15, -0.1) is 0 Å². The maximum atomic E-state index is 14.0. The fourth-order valence-electron chi connectivity index (χ4n) is 6.93. The average Bonchev–Trinajstić information content (AvgIpc) is 3.90. The van der Waals surface area contributed by atoms with Crippen LogP contribution in [0.4, 0.5) is 0 Å². The van der Waals surface area contributed by atoms with Gasteiger partial charge in [-0.2, -0.15) is 0 Å². The van der Waals surface area contributed by atoms with Gasteiger partial charge in [-0.1, -0.05) is 62.4 Å². The molecule has 4 rings (SSSR count). The highest BCUT2D eigenvalue weighted by Crippen LogP contribution is 2.22. The smallest absolute Gasteiger partial charge is 0.248 e. The normalized spacial score (nSPS) is 16.1. The maximum absolute atomic E-state index is 14.0. The molecule has 1 aromatic heterocycles. The van der Waals surface area contributed by atoms with E-state index in [1.807, 2.05) is 24.3 Å². The van der Waals surface area contributed by atoms with Crippen LogP contribution in [-0.2, 0) is 46.4 Å². The number of carbonyl (C=O) groups excluding carboxylic acids is 7. The van der Waals surface area contributed by atoms with Gasteiger partial charge in [-0.3, -0.25) is 38.6 Å². The van der Waals surface area contributed by atoms with E-state index in [9.17, 15) is 38.7 Å². The van der Waals surface area contributed by atoms with Gasteiger partial charge in [0.15, 0.2) is 5.96 Å². The largest absolute Gasteiger partial charge is 0.394 e. The number of amides is 7. The SMILES string of the molecule is CC(C)C(N)C(=O)NC(CCCN=C(N)N)C(=O)NC(Cc1ccccc1)C(=O)NC(CO)C(=O)N1CCCC1C(=O)NC(Cc1c[nH]c2ccccc12)C(=O)NCC(N)=O. The van der Waals surface area contributed by atoms with Crippen LogP contribution < -0.4 is 49.5 Å². The molecular weight excluding hydrogens is 789 g/mol. The Hall–Kier alpha value is -6.54. The first-order valence-corrected chi connectivity index (χ1v) is 20.2. The van der Waals surface area contributed by atoms with Crippen molar-refractivity contribution in [1.29, 1.82) is 0 Å². The molecule has 20 nitrogen and oxygen atoms in total. The number of hydrogen-bond acceptors (Lipinski definition) is 10. The number of aliphatic hydroxyl groups excluding tert-OH is 1. The molecule has 1 fully saturated rings. The molecule has 61 heavy (non-hydrogen) atoms. The van der Waals surface area contributed by atoms with Crippen molar-refractivity contribution in [3.05, 3.63) is 71.9 Å². The van der Waals surface area contributed by atoms with Crippen LogP contribution in [0.1, 0.15) is 50.7 Å². The summed E-state index contributed by atoms with van der Waals surface area (Å²) < 4.78 is 0. The molecule has 6 unspecified atom stereocenters. The first kappa shape index (κ1) is 47.1. The summed E-state index contributed by atoms with van der Waals surface area (Å²) in [5, 5.41) is 24.4. The summed E-state index contributed by atoms with van der Waals surface area (Å²) in [5.74, 6) is -5.37. The molecule has 2 heterocycles. The van der Waals surface area contributed by atoms with Crippen LogP contribution in [0.5, 0.6) is 0 Å². The zero-order chi connectivity index (χ0) is 44.6. The van der Waals surface area contributed by atoms with Gasteiger partial charge in [-0.05, 0) is 48.8 Å². The number of rotatable bonds is 22. The van der Waals surface area contributed by atoms with Gasteiger partial charge in [-0.25, -0.2) is 0 Å². The fourth-order valence-corrected chi connectivity index (χ4v) is 6.93. The Morgan fingerprint density at radius 1 is 0.820 bits per heavy atom. The Bertz CT molecular complexity index is 2040. The summed E-state index contributed by atoms with van der Waals surface area (Å²) in [7, 11) is 0. The molecule has 2 aromatic carbocycles. The number of hydrogen-bond donors (Lipinski definition) is 11. The number of para-hydroxylation sites is 1. The predicted octanol–water partition coefficient (Wildman–Crippen LogP) is -2.49. The van der Waals surface area contributed by atoms with E-state index in [4.69, 9.17) is 22.9 Å². The van der Waals surface area contributed by atoms with Crippen LogP contribution in [0.25, 0.3) is 10.9 Å². The Balaban J connectivity index is 1.51. The summed E-state index contributed by atoms with van der Waals surface area (Å²) in [5.41, 5.74) is 24.4. The van der Waals surface area contributed by atoms with E-state index in [0.717, 1.165) is 10.9 Å². The van der Waals surface area contributed by atoms with Crippen molar-refractivity contribution < 1.29 is 38.7 Å². The lowest BCUT2D eigenvalue weighted by Gasteiger charge is -2.30. The second-order valence-corrected chi connectivity index (χ2v) is 15.3. The van der Waals surface area contributed by atoms with Crippen LogP contribution in [-0.4, -0.2) is 125 Å². The van der Waals surface area contributed by atoms with Crippen molar-refractivity contribution in [2.45, 2.75) is 88.6 Å². The van der Waals surface area contributed by atoms with Crippen LogP contribution >= 0.6 is 0 Å². The third-order valence-electron chi connectivity index (χ3n) is 10.3. The second kappa shape index (κ2) is 22.7. The number of H-pyrrole nitrogens is 1. The minimum absolute atomic E-state index is 0.0324. The molecular formula is C41H58N12O8. The van der Waals surface area contributed by atoms with E-state index in [0.29, 0.717) is 17.5 Å². The van der Waals surface area contributed by atoms with Crippen molar-refractivity contribution in [2.75, 3.05) is 26.2 Å². The third-order valence-corrected chi connectivity index (χ3v) is 10.3. The molecule has 0 radical (unpaired) electrons. The highest BCUT2D eigenvalue weighted by atomic mass is 16.3. The van der Waals surface area contributed by atoms with Gasteiger partial charge in [0.25, 0.3) is 0 Å². The number of nitrogens with two attached hydrogens (primary N) is 4. The Kier molecular flexibility index (Phi) is 17.6. The minimum atomic E-state index is -1.53. The van der Waals surface area contributed by atoms with Crippen molar-refractivity contribution in [1.82, 2.24) is 36.5 Å². The first-order chi connectivity index (χ1) is 29.1. The maximum Gasteiger partial charge on any atom is 0.248 e. The second-order valence-electron chi connectivity index (χ2n) is 15.3. The highest BCUT2D eigenvalue weighted by Gasteiger charge is 2.40. The zero-order valence-corrected chi connectivity index (χ0v) is 34.4. The number of aromatic amines is 1. The molecule has 330 valence electrons. The number of guanidine groups is 1. The summed E-state index contributed by atoms with van der Waals surface area (Å²) in [4.78, 5) is 102. The van der Waals surface area contributed by atoms with Crippen LogP contribution in [0, 0.1) is 5.92 Å². The van der Waals surface area contributed by atoms with E-state index in [-0.39, 0.29) is 57.1 Å². The lowest BCUT2D eigenvalue weighted by molar-refractivity contribution is -0.143. The van der Waals surface area contributed by atoms with Crippen molar-refractivity contribution in [3.63, 3.8) is 0 Å². The van der Waals surface area contributed by atoms with E-state index >= 15 is 0 Å². The molecule has 0 bridgehead atoms. The van der Waals surface area contributed by atoms with E-state index in [1.54, 1.807) is 50.4 Å². The average molecular weight is 847 g/mol. The first-order valence-electron chi connectivity index (χ1n) is 20.2. The monoisotopic (exact) mass is 846 g/mol. The van der Waals surface area contributed by atoms with Crippen LogP contribution in [0.3, 0.4) is 0 Å². The number of nitrogens with zero attached hydrogens (tertiary/aromatic N) is 2. The van der Waals surface area contributed by atoms with Crippen molar-refractivity contribution >= 4 is 58.2 Å². The summed E-state index contributed by atoms with van der Waals surface area (Å²) in [6, 6.07) is 9.00. The summed E-state index contributed by atoms with van der Waals surface area (Å²) in [6.07, 6.45) is 2.72. The number of aliphatic hydroxyl groups is 1. The van der Waals surface area contributed by atoms with E-state index in [1.165, 1.54) is 4.90 Å². The standard InChI is InChI=1S/C41H58N12O8/c1-23(2)34(43)39(60)49-28(14-8-16-46-41(44)45)36(57)50-29(18-24-10-4-3-5-11-24)37(58)52-31(22-54)40(61)53-17-9-15-32(53)38(59)51-30(35(56)48-21-33(42)55)19-25-20-47-27-13-7-6-12-26(25)27/h3-7,10-13,20,23,28-32,34,47,54H,8-9,14-19,21-22,43H2,1-2H3,(H2,42,55)(H,48,56)(H,49,60)(H,50,57)(H,51,59)(H,52,58)(H4,44,45,46). The predicted molar refractivity (Wildman–Crippen MR) is 227 cm³/mol. The molecule has 1 aliphatic rings. The number of benzene rings is 2. The Morgan fingerprint density at radius 2 is 1.46 bits per heavy atom. The number of aromatic nitrogens is 1. The number of likely N-dealkylation sites (tertiary alicyclic amines) is 1.